The second-order valence-electron chi connectivity index (χ2n) is 5.68. The van der Waals surface area contributed by atoms with Crippen LogP contribution in [0.25, 0.3) is 0 Å². The molecule has 1 rings (SSSR count). The zero-order valence-electron chi connectivity index (χ0n) is 10.8. The molecule has 0 unspecified atom stereocenters. The quantitative estimate of drug-likeness (QED) is 0.537. The monoisotopic (exact) mass is 224 g/mol. The van der Waals surface area contributed by atoms with Crippen LogP contribution in [0.4, 0.5) is 0 Å². The third-order valence-corrected chi connectivity index (χ3v) is 2.85. The van der Waals surface area contributed by atoms with E-state index in [2.05, 4.69) is 0 Å². The van der Waals surface area contributed by atoms with Crippen molar-refractivity contribution in [2.75, 3.05) is 0 Å². The Bertz CT molecular complexity index is 242. The Balaban J connectivity index is 2.22. The maximum absolute atomic E-state index is 11.4. The number of hydrogen-bond acceptors (Lipinski definition) is 2. The van der Waals surface area contributed by atoms with Gasteiger partial charge in [-0.15, -0.1) is 0 Å². The number of rotatable bonds is 3. The maximum atomic E-state index is 11.4. The summed E-state index contributed by atoms with van der Waals surface area (Å²) in [5.41, 5.74) is -0.383. The highest BCUT2D eigenvalue weighted by atomic mass is 16.6. The Morgan fingerprint density at radius 2 is 1.88 bits per heavy atom. The van der Waals surface area contributed by atoms with Crippen molar-refractivity contribution in [1.29, 1.82) is 0 Å². The van der Waals surface area contributed by atoms with Crippen molar-refractivity contribution in [3.05, 3.63) is 12.2 Å². The summed E-state index contributed by atoms with van der Waals surface area (Å²) in [6, 6.07) is 0. The Hall–Kier alpha value is -0.790. The summed E-state index contributed by atoms with van der Waals surface area (Å²) < 4.78 is 5.20. The van der Waals surface area contributed by atoms with Gasteiger partial charge in [-0.3, -0.25) is 0 Å². The summed E-state index contributed by atoms with van der Waals surface area (Å²) in [5, 5.41) is 0. The summed E-state index contributed by atoms with van der Waals surface area (Å²) in [7, 11) is 0. The second-order valence-corrected chi connectivity index (χ2v) is 5.68. The first kappa shape index (κ1) is 13.3. The molecule has 2 heteroatoms. The van der Waals surface area contributed by atoms with Crippen LogP contribution in [-0.4, -0.2) is 11.6 Å². The van der Waals surface area contributed by atoms with E-state index in [9.17, 15) is 4.79 Å². The third-order valence-electron chi connectivity index (χ3n) is 2.85. The normalized spacial score (nSPS) is 18.9. The predicted molar refractivity (Wildman–Crippen MR) is 66.2 cm³/mol. The van der Waals surface area contributed by atoms with Crippen LogP contribution in [0.2, 0.25) is 0 Å². The largest absolute Gasteiger partial charge is 0.457 e. The van der Waals surface area contributed by atoms with E-state index < -0.39 is 0 Å². The van der Waals surface area contributed by atoms with Crippen molar-refractivity contribution >= 4 is 5.97 Å². The van der Waals surface area contributed by atoms with Gasteiger partial charge >= 0.3 is 5.97 Å². The lowest BCUT2D eigenvalue weighted by Crippen LogP contribution is -2.22. The molecule has 16 heavy (non-hydrogen) atoms. The summed E-state index contributed by atoms with van der Waals surface area (Å²) >= 11 is 0. The van der Waals surface area contributed by atoms with E-state index in [0.29, 0.717) is 0 Å². The van der Waals surface area contributed by atoms with E-state index in [1.54, 1.807) is 6.08 Å². The summed E-state index contributed by atoms with van der Waals surface area (Å²) in [6.45, 7) is 5.67. The molecule has 0 N–H and O–H groups in total. The Morgan fingerprint density at radius 3 is 2.44 bits per heavy atom. The lowest BCUT2D eigenvalue weighted by Gasteiger charge is -2.20. The van der Waals surface area contributed by atoms with Gasteiger partial charge in [-0.05, 0) is 33.1 Å². The average molecular weight is 224 g/mol. The molecule has 0 aliphatic heterocycles. The van der Waals surface area contributed by atoms with Gasteiger partial charge in [0.1, 0.15) is 5.60 Å². The maximum Gasteiger partial charge on any atom is 0.330 e. The van der Waals surface area contributed by atoms with Crippen LogP contribution in [0.15, 0.2) is 12.2 Å². The molecule has 0 aromatic rings. The summed E-state index contributed by atoms with van der Waals surface area (Å²) in [6.07, 6.45) is 11.3. The zero-order chi connectivity index (χ0) is 12.0. The highest BCUT2D eigenvalue weighted by Gasteiger charge is 2.14. The van der Waals surface area contributed by atoms with Gasteiger partial charge in [0.25, 0.3) is 0 Å². The molecule has 1 fully saturated rings. The van der Waals surface area contributed by atoms with Gasteiger partial charge in [0.2, 0.25) is 0 Å². The van der Waals surface area contributed by atoms with Crippen molar-refractivity contribution in [2.45, 2.75) is 64.9 Å². The fraction of sp³-hybridized carbons (Fsp3) is 0.786. The van der Waals surface area contributed by atoms with Crippen LogP contribution in [-0.2, 0) is 9.53 Å². The SMILES string of the molecule is CC(C)(C)OC(=O)/C=C/CC1CCCCC1. The minimum Gasteiger partial charge on any atom is -0.457 e. The van der Waals surface area contributed by atoms with Gasteiger partial charge in [0.05, 0.1) is 0 Å². The smallest absolute Gasteiger partial charge is 0.330 e. The summed E-state index contributed by atoms with van der Waals surface area (Å²) in [4.78, 5) is 11.4. The molecule has 1 aliphatic carbocycles. The molecule has 0 amide bonds. The van der Waals surface area contributed by atoms with E-state index in [4.69, 9.17) is 4.74 Å². The molecular weight excluding hydrogens is 200 g/mol. The number of esters is 1. The van der Waals surface area contributed by atoms with E-state index in [-0.39, 0.29) is 11.6 Å². The first-order valence-corrected chi connectivity index (χ1v) is 6.37. The molecule has 0 aromatic carbocycles. The fourth-order valence-electron chi connectivity index (χ4n) is 2.12. The number of carbonyl (C=O) groups is 1. The third kappa shape index (κ3) is 5.94. The molecule has 0 atom stereocenters. The van der Waals surface area contributed by atoms with Gasteiger partial charge in [0.15, 0.2) is 0 Å². The van der Waals surface area contributed by atoms with E-state index >= 15 is 0 Å². The van der Waals surface area contributed by atoms with Crippen molar-refractivity contribution in [3.8, 4) is 0 Å². The van der Waals surface area contributed by atoms with Crippen LogP contribution in [0.3, 0.4) is 0 Å². The Kier molecular flexibility index (Phi) is 5.04. The van der Waals surface area contributed by atoms with Gasteiger partial charge in [-0.25, -0.2) is 4.79 Å². The Labute approximate surface area is 99.1 Å². The zero-order valence-corrected chi connectivity index (χ0v) is 10.8. The number of hydrogen-bond donors (Lipinski definition) is 0. The molecule has 0 bridgehead atoms. The lowest BCUT2D eigenvalue weighted by atomic mass is 9.87. The predicted octanol–water partition coefficient (Wildman–Crippen LogP) is 3.85. The van der Waals surface area contributed by atoms with Crippen LogP contribution in [0.1, 0.15) is 59.3 Å². The summed E-state index contributed by atoms with van der Waals surface area (Å²) in [5.74, 6) is 0.566. The Morgan fingerprint density at radius 1 is 1.25 bits per heavy atom. The number of carbonyl (C=O) groups excluding carboxylic acids is 1. The number of ether oxygens (including phenoxy) is 1. The topological polar surface area (TPSA) is 26.3 Å². The first-order chi connectivity index (χ1) is 7.47. The molecule has 0 radical (unpaired) electrons. The van der Waals surface area contributed by atoms with Crippen molar-refractivity contribution in [3.63, 3.8) is 0 Å². The van der Waals surface area contributed by atoms with Crippen LogP contribution >= 0.6 is 0 Å². The van der Waals surface area contributed by atoms with Crippen molar-refractivity contribution < 1.29 is 9.53 Å². The van der Waals surface area contributed by atoms with Gasteiger partial charge in [-0.1, -0.05) is 38.2 Å². The van der Waals surface area contributed by atoms with Crippen molar-refractivity contribution in [2.24, 2.45) is 5.92 Å². The molecule has 92 valence electrons. The highest BCUT2D eigenvalue weighted by Crippen LogP contribution is 2.26. The minimum atomic E-state index is -0.383. The van der Waals surface area contributed by atoms with Crippen LogP contribution in [0.5, 0.6) is 0 Å². The molecule has 1 aliphatic rings. The van der Waals surface area contributed by atoms with Gasteiger partial charge in [-0.2, -0.15) is 0 Å². The average Bonchev–Trinajstić information content (AvgIpc) is 2.16. The second kappa shape index (κ2) is 6.07. The van der Waals surface area contributed by atoms with Crippen LogP contribution < -0.4 is 0 Å². The molecule has 0 saturated heterocycles. The van der Waals surface area contributed by atoms with Crippen molar-refractivity contribution in [1.82, 2.24) is 0 Å². The minimum absolute atomic E-state index is 0.219. The van der Waals surface area contributed by atoms with Crippen LogP contribution in [0, 0.1) is 5.92 Å². The molecule has 2 nitrogen and oxygen atoms in total. The van der Waals surface area contributed by atoms with E-state index in [1.807, 2.05) is 26.8 Å². The highest BCUT2D eigenvalue weighted by molar-refractivity contribution is 5.82. The molecule has 1 saturated carbocycles. The lowest BCUT2D eigenvalue weighted by molar-refractivity contribution is -0.148. The van der Waals surface area contributed by atoms with Gasteiger partial charge < -0.3 is 4.74 Å². The molecule has 0 aromatic heterocycles. The first-order valence-electron chi connectivity index (χ1n) is 6.37. The molecule has 0 heterocycles. The standard InChI is InChI=1S/C14H24O2/c1-14(2,3)16-13(15)11-7-10-12-8-5-4-6-9-12/h7,11-12H,4-6,8-10H2,1-3H3/b11-7+. The van der Waals surface area contributed by atoms with E-state index in [1.165, 1.54) is 32.1 Å². The number of allylic oxidation sites excluding steroid dienone is 1. The van der Waals surface area contributed by atoms with Gasteiger partial charge in [0, 0.05) is 6.08 Å². The van der Waals surface area contributed by atoms with E-state index in [0.717, 1.165) is 12.3 Å². The fourth-order valence-corrected chi connectivity index (χ4v) is 2.12. The molecular formula is C14H24O2. The molecule has 0 spiro atoms.